The van der Waals surface area contributed by atoms with Crippen molar-refractivity contribution < 1.29 is 9.53 Å². The Morgan fingerprint density at radius 2 is 2.16 bits per heavy atom. The minimum Gasteiger partial charge on any atom is -0.497 e. The molecular formula is C13H12BrN3O2. The molecule has 98 valence electrons. The first-order chi connectivity index (χ1) is 9.10. The smallest absolute Gasteiger partial charge is 0.258 e. The highest BCUT2D eigenvalue weighted by Crippen LogP contribution is 2.20. The topological polar surface area (TPSA) is 77.2 Å². The van der Waals surface area contributed by atoms with Gasteiger partial charge in [-0.2, -0.15) is 0 Å². The van der Waals surface area contributed by atoms with Crippen LogP contribution in [0, 0.1) is 0 Å². The molecule has 0 unspecified atom stereocenters. The van der Waals surface area contributed by atoms with Crippen LogP contribution in [-0.2, 0) is 0 Å². The first-order valence-corrected chi connectivity index (χ1v) is 6.26. The van der Waals surface area contributed by atoms with Gasteiger partial charge in [-0.3, -0.25) is 4.79 Å². The summed E-state index contributed by atoms with van der Waals surface area (Å²) in [5.74, 6) is 0.759. The third kappa shape index (κ3) is 3.23. The maximum absolute atomic E-state index is 12.0. The Hall–Kier alpha value is -2.08. The van der Waals surface area contributed by atoms with E-state index in [-0.39, 0.29) is 5.91 Å². The van der Waals surface area contributed by atoms with E-state index < -0.39 is 0 Å². The normalized spacial score (nSPS) is 10.0. The third-order valence-corrected chi connectivity index (χ3v) is 2.94. The van der Waals surface area contributed by atoms with Crippen molar-refractivity contribution in [2.75, 3.05) is 18.2 Å². The number of amides is 1. The van der Waals surface area contributed by atoms with Crippen LogP contribution in [0.15, 0.2) is 41.0 Å². The van der Waals surface area contributed by atoms with E-state index in [1.54, 1.807) is 43.6 Å². The lowest BCUT2D eigenvalue weighted by Crippen LogP contribution is -2.14. The molecule has 0 bridgehead atoms. The number of aromatic nitrogens is 1. The monoisotopic (exact) mass is 321 g/mol. The molecule has 19 heavy (non-hydrogen) atoms. The fourth-order valence-corrected chi connectivity index (χ4v) is 1.74. The van der Waals surface area contributed by atoms with Crippen LogP contribution in [0.2, 0.25) is 0 Å². The highest BCUT2D eigenvalue weighted by molar-refractivity contribution is 9.10. The number of hydrogen-bond acceptors (Lipinski definition) is 4. The number of nitrogen functional groups attached to an aromatic ring is 1. The fourth-order valence-electron chi connectivity index (χ4n) is 1.51. The summed E-state index contributed by atoms with van der Waals surface area (Å²) in [4.78, 5) is 16.1. The number of nitrogens with two attached hydrogens (primary N) is 1. The number of anilines is 2. The first kappa shape index (κ1) is 13.4. The van der Waals surface area contributed by atoms with Gasteiger partial charge in [0.2, 0.25) is 0 Å². The summed E-state index contributed by atoms with van der Waals surface area (Å²) in [6.07, 6.45) is 1.60. The maximum atomic E-state index is 12.0. The predicted octanol–water partition coefficient (Wildman–Crippen LogP) is 2.69. The summed E-state index contributed by atoms with van der Waals surface area (Å²) in [7, 11) is 1.54. The van der Waals surface area contributed by atoms with Crippen LogP contribution in [0.25, 0.3) is 0 Å². The van der Waals surface area contributed by atoms with Gasteiger partial charge in [0.1, 0.15) is 11.6 Å². The van der Waals surface area contributed by atoms with Crippen LogP contribution >= 0.6 is 15.9 Å². The Balaban J connectivity index is 2.18. The average molecular weight is 322 g/mol. The number of nitrogens with zero attached hydrogens (tertiary/aromatic N) is 1. The summed E-state index contributed by atoms with van der Waals surface area (Å²) in [5.41, 5.74) is 6.54. The molecular weight excluding hydrogens is 310 g/mol. The van der Waals surface area contributed by atoms with E-state index in [0.29, 0.717) is 22.8 Å². The summed E-state index contributed by atoms with van der Waals surface area (Å²) >= 11 is 3.27. The quantitative estimate of drug-likeness (QED) is 0.852. The average Bonchev–Trinajstić information content (AvgIpc) is 2.41. The van der Waals surface area contributed by atoms with Gasteiger partial charge in [0.15, 0.2) is 0 Å². The molecule has 1 aromatic carbocycles. The van der Waals surface area contributed by atoms with E-state index >= 15 is 0 Å². The van der Waals surface area contributed by atoms with Crippen molar-refractivity contribution in [1.29, 1.82) is 0 Å². The number of carbonyl (C=O) groups excluding carboxylic acids is 1. The van der Waals surface area contributed by atoms with Crippen LogP contribution in [0.1, 0.15) is 10.4 Å². The molecule has 0 aliphatic rings. The summed E-state index contributed by atoms with van der Waals surface area (Å²) in [6, 6.07) is 8.38. The second kappa shape index (κ2) is 5.71. The van der Waals surface area contributed by atoms with Crippen LogP contribution < -0.4 is 15.8 Å². The van der Waals surface area contributed by atoms with Crippen LogP contribution in [0.4, 0.5) is 11.5 Å². The van der Waals surface area contributed by atoms with E-state index in [9.17, 15) is 4.79 Å². The Morgan fingerprint density at radius 3 is 2.74 bits per heavy atom. The summed E-state index contributed by atoms with van der Waals surface area (Å²) in [6.45, 7) is 0. The minimum absolute atomic E-state index is 0.310. The number of rotatable bonds is 3. The molecule has 0 saturated heterocycles. The molecule has 0 radical (unpaired) electrons. The van der Waals surface area contributed by atoms with Crippen molar-refractivity contribution in [2.24, 2.45) is 0 Å². The van der Waals surface area contributed by atoms with Gasteiger partial charge >= 0.3 is 0 Å². The molecule has 3 N–H and O–H groups in total. The molecule has 5 nitrogen and oxygen atoms in total. The lowest BCUT2D eigenvalue weighted by Gasteiger charge is -2.08. The zero-order chi connectivity index (χ0) is 13.8. The molecule has 0 aliphatic heterocycles. The fraction of sp³-hybridized carbons (Fsp3) is 0.0769. The van der Waals surface area contributed by atoms with Crippen molar-refractivity contribution in [1.82, 2.24) is 4.98 Å². The molecule has 0 fully saturated rings. The number of hydrogen-bond donors (Lipinski definition) is 2. The number of halogens is 1. The standard InChI is InChI=1S/C13H12BrN3O2/c1-19-9-3-4-10(11(15)6-9)13(18)17-12-5-2-8(14)7-16-12/h2-7H,15H2,1H3,(H,16,17,18). The zero-order valence-electron chi connectivity index (χ0n) is 10.2. The number of methoxy groups -OCH3 is 1. The van der Waals surface area contributed by atoms with Gasteiger partial charge < -0.3 is 15.8 Å². The minimum atomic E-state index is -0.310. The second-order valence-corrected chi connectivity index (χ2v) is 4.68. The molecule has 0 saturated carbocycles. The van der Waals surface area contributed by atoms with Crippen molar-refractivity contribution in [3.63, 3.8) is 0 Å². The molecule has 1 heterocycles. The highest BCUT2D eigenvalue weighted by Gasteiger charge is 2.11. The highest BCUT2D eigenvalue weighted by atomic mass is 79.9. The predicted molar refractivity (Wildman–Crippen MR) is 77.3 cm³/mol. The van der Waals surface area contributed by atoms with Crippen molar-refractivity contribution in [3.8, 4) is 5.75 Å². The van der Waals surface area contributed by atoms with Crippen LogP contribution in [0.5, 0.6) is 5.75 Å². The Morgan fingerprint density at radius 1 is 1.37 bits per heavy atom. The maximum Gasteiger partial charge on any atom is 0.258 e. The summed E-state index contributed by atoms with van der Waals surface area (Å²) < 4.78 is 5.87. The molecule has 6 heteroatoms. The van der Waals surface area contributed by atoms with Gasteiger partial charge in [0.05, 0.1) is 12.7 Å². The number of benzene rings is 1. The number of carbonyl (C=O) groups is 1. The van der Waals surface area contributed by atoms with E-state index in [0.717, 1.165) is 4.47 Å². The van der Waals surface area contributed by atoms with Gasteiger partial charge in [0.25, 0.3) is 5.91 Å². The Kier molecular flexibility index (Phi) is 4.01. The van der Waals surface area contributed by atoms with Crippen molar-refractivity contribution in [2.45, 2.75) is 0 Å². The molecule has 2 rings (SSSR count). The van der Waals surface area contributed by atoms with E-state index in [1.807, 2.05) is 0 Å². The SMILES string of the molecule is COc1ccc(C(=O)Nc2ccc(Br)cn2)c(N)c1. The van der Waals surface area contributed by atoms with Gasteiger partial charge in [-0.05, 0) is 40.2 Å². The van der Waals surface area contributed by atoms with Gasteiger partial charge in [-0.15, -0.1) is 0 Å². The molecule has 0 spiro atoms. The number of nitrogens with one attached hydrogen (secondary N) is 1. The molecule has 0 aliphatic carbocycles. The third-order valence-electron chi connectivity index (χ3n) is 2.47. The number of ether oxygens (including phenoxy) is 1. The van der Waals surface area contributed by atoms with Crippen LogP contribution in [0.3, 0.4) is 0 Å². The lowest BCUT2D eigenvalue weighted by atomic mass is 10.1. The number of pyridine rings is 1. The molecule has 0 atom stereocenters. The van der Waals surface area contributed by atoms with E-state index in [4.69, 9.17) is 10.5 Å². The largest absolute Gasteiger partial charge is 0.497 e. The van der Waals surface area contributed by atoms with E-state index in [1.165, 1.54) is 0 Å². The lowest BCUT2D eigenvalue weighted by molar-refractivity contribution is 0.102. The van der Waals surface area contributed by atoms with Gasteiger partial charge in [-0.25, -0.2) is 4.98 Å². The molecule has 1 amide bonds. The summed E-state index contributed by atoms with van der Waals surface area (Å²) in [5, 5.41) is 2.67. The van der Waals surface area contributed by atoms with Crippen molar-refractivity contribution >= 4 is 33.3 Å². The Labute approximate surface area is 118 Å². The van der Waals surface area contributed by atoms with Crippen LogP contribution in [-0.4, -0.2) is 18.0 Å². The van der Waals surface area contributed by atoms with Crippen molar-refractivity contribution in [3.05, 3.63) is 46.6 Å². The first-order valence-electron chi connectivity index (χ1n) is 5.46. The second-order valence-electron chi connectivity index (χ2n) is 3.77. The molecule has 1 aromatic heterocycles. The molecule has 2 aromatic rings. The van der Waals surface area contributed by atoms with Gasteiger partial charge in [0, 0.05) is 22.4 Å². The zero-order valence-corrected chi connectivity index (χ0v) is 11.8. The Bertz CT molecular complexity index is 599. The van der Waals surface area contributed by atoms with Gasteiger partial charge in [-0.1, -0.05) is 0 Å². The van der Waals surface area contributed by atoms with E-state index in [2.05, 4.69) is 26.2 Å².